The second-order valence-corrected chi connectivity index (χ2v) is 3.30. The molecule has 0 fully saturated rings. The first-order valence-electron chi connectivity index (χ1n) is 5.00. The van der Waals surface area contributed by atoms with Crippen molar-refractivity contribution >= 4 is 5.71 Å². The molecule has 0 aliphatic carbocycles. The van der Waals surface area contributed by atoms with Gasteiger partial charge in [-0.25, -0.2) is 0 Å². The predicted molar refractivity (Wildman–Crippen MR) is 63.0 cm³/mol. The first-order valence-corrected chi connectivity index (χ1v) is 5.00. The van der Waals surface area contributed by atoms with E-state index < -0.39 is 0 Å². The van der Waals surface area contributed by atoms with Crippen LogP contribution >= 0.6 is 0 Å². The lowest BCUT2D eigenvalue weighted by Crippen LogP contribution is -1.96. The van der Waals surface area contributed by atoms with Gasteiger partial charge in [-0.1, -0.05) is 23.4 Å². The van der Waals surface area contributed by atoms with Crippen molar-refractivity contribution in [2.45, 2.75) is 20.8 Å². The quantitative estimate of drug-likeness (QED) is 0.318. The van der Waals surface area contributed by atoms with Gasteiger partial charge in [0.25, 0.3) is 0 Å². The molecule has 0 aliphatic rings. The molecule has 0 saturated carbocycles. The number of hydrogen-bond donors (Lipinski definition) is 0. The number of benzene rings is 1. The molecule has 0 N–H and O–H groups in total. The van der Waals surface area contributed by atoms with Gasteiger partial charge in [-0.2, -0.15) is 0 Å². The van der Waals surface area contributed by atoms with E-state index in [1.54, 1.807) is 0 Å². The molecule has 1 radical (unpaired) electrons. The minimum Gasteiger partial charge on any atom is -0.391 e. The lowest BCUT2D eigenvalue weighted by Gasteiger charge is -2.01. The molecule has 0 aliphatic heterocycles. The molecule has 0 heterocycles. The van der Waals surface area contributed by atoms with Crippen LogP contribution in [0.15, 0.2) is 35.5 Å². The van der Waals surface area contributed by atoms with E-state index in [4.69, 9.17) is 4.84 Å². The molecule has 0 aromatic heterocycles. The molecule has 0 atom stereocenters. The Balaban J connectivity index is 2.63. The topological polar surface area (TPSA) is 21.6 Å². The lowest BCUT2D eigenvalue weighted by molar-refractivity contribution is 0.174. The molecular formula is C13H16NO. The third kappa shape index (κ3) is 3.98. The molecule has 0 spiro atoms. The SMILES string of the molecule is CC=CCON=C(C)c1cc[c]c(C)c1. The first kappa shape index (κ1) is 11.5. The van der Waals surface area contributed by atoms with Crippen molar-refractivity contribution in [3.63, 3.8) is 0 Å². The summed E-state index contributed by atoms with van der Waals surface area (Å²) in [6, 6.07) is 9.01. The minimum atomic E-state index is 0.520. The van der Waals surface area contributed by atoms with E-state index in [1.165, 1.54) is 0 Å². The predicted octanol–water partition coefficient (Wildman–Crippen LogP) is 3.11. The Morgan fingerprint density at radius 2 is 2.40 bits per heavy atom. The number of aryl methyl sites for hydroxylation is 1. The summed E-state index contributed by atoms with van der Waals surface area (Å²) >= 11 is 0. The van der Waals surface area contributed by atoms with Crippen molar-refractivity contribution in [2.24, 2.45) is 5.16 Å². The smallest absolute Gasteiger partial charge is 0.135 e. The van der Waals surface area contributed by atoms with Gasteiger partial charge in [-0.15, -0.1) is 0 Å². The average Bonchev–Trinajstić information content (AvgIpc) is 2.24. The summed E-state index contributed by atoms with van der Waals surface area (Å²) in [6.45, 7) is 6.42. The van der Waals surface area contributed by atoms with Crippen LogP contribution in [0.1, 0.15) is 25.0 Å². The van der Waals surface area contributed by atoms with Crippen molar-refractivity contribution in [2.75, 3.05) is 6.61 Å². The van der Waals surface area contributed by atoms with E-state index in [0.717, 1.165) is 16.8 Å². The summed E-state index contributed by atoms with van der Waals surface area (Å²) in [4.78, 5) is 5.12. The monoisotopic (exact) mass is 202 g/mol. The van der Waals surface area contributed by atoms with E-state index in [0.29, 0.717) is 6.61 Å². The molecule has 2 heteroatoms. The second-order valence-electron chi connectivity index (χ2n) is 3.30. The number of oxime groups is 1. The normalized spacial score (nSPS) is 12.1. The molecule has 1 rings (SSSR count). The number of hydrogen-bond acceptors (Lipinski definition) is 2. The molecular weight excluding hydrogens is 186 g/mol. The van der Waals surface area contributed by atoms with Gasteiger partial charge in [-0.3, -0.25) is 0 Å². The van der Waals surface area contributed by atoms with Gasteiger partial charge < -0.3 is 4.84 Å². The fourth-order valence-electron chi connectivity index (χ4n) is 1.14. The standard InChI is InChI=1S/C13H16NO/c1-4-5-9-15-14-12(3)13-8-6-7-11(2)10-13/h4-6,8,10H,9H2,1-3H3. The van der Waals surface area contributed by atoms with Gasteiger partial charge in [0.2, 0.25) is 0 Å². The zero-order chi connectivity index (χ0) is 11.1. The maximum atomic E-state index is 5.12. The largest absolute Gasteiger partial charge is 0.391 e. The third-order valence-corrected chi connectivity index (χ3v) is 1.97. The van der Waals surface area contributed by atoms with Crippen LogP contribution in [0.25, 0.3) is 0 Å². The van der Waals surface area contributed by atoms with E-state index in [9.17, 15) is 0 Å². The molecule has 2 nitrogen and oxygen atoms in total. The fraction of sp³-hybridized carbons (Fsp3) is 0.308. The Hall–Kier alpha value is -1.57. The van der Waals surface area contributed by atoms with Crippen molar-refractivity contribution in [1.29, 1.82) is 0 Å². The summed E-state index contributed by atoms with van der Waals surface area (Å²) in [5.74, 6) is 0. The van der Waals surface area contributed by atoms with Crippen molar-refractivity contribution in [1.82, 2.24) is 0 Å². The van der Waals surface area contributed by atoms with Crippen LogP contribution < -0.4 is 0 Å². The van der Waals surface area contributed by atoms with Gasteiger partial charge in [0, 0.05) is 0 Å². The van der Waals surface area contributed by atoms with Crippen molar-refractivity contribution in [3.05, 3.63) is 47.5 Å². The zero-order valence-electron chi connectivity index (χ0n) is 9.45. The highest BCUT2D eigenvalue weighted by Crippen LogP contribution is 2.05. The number of allylic oxidation sites excluding steroid dienone is 1. The molecule has 1 aromatic carbocycles. The number of nitrogens with zero attached hydrogens (tertiary/aromatic N) is 1. The molecule has 0 unspecified atom stereocenters. The highest BCUT2D eigenvalue weighted by Gasteiger charge is 1.97. The van der Waals surface area contributed by atoms with Gasteiger partial charge in [0.05, 0.1) is 5.71 Å². The number of rotatable bonds is 4. The Morgan fingerprint density at radius 3 is 3.07 bits per heavy atom. The van der Waals surface area contributed by atoms with Crippen molar-refractivity contribution in [3.8, 4) is 0 Å². The molecule has 0 amide bonds. The summed E-state index contributed by atoms with van der Waals surface area (Å²) in [5, 5.41) is 4.02. The van der Waals surface area contributed by atoms with Crippen LogP contribution in [0.2, 0.25) is 0 Å². The summed E-state index contributed by atoms with van der Waals surface area (Å²) in [7, 11) is 0. The van der Waals surface area contributed by atoms with Crippen LogP contribution in [0, 0.1) is 13.0 Å². The maximum Gasteiger partial charge on any atom is 0.135 e. The summed E-state index contributed by atoms with van der Waals surface area (Å²) < 4.78 is 0. The van der Waals surface area contributed by atoms with Crippen LogP contribution in [0.3, 0.4) is 0 Å². The van der Waals surface area contributed by atoms with E-state index in [2.05, 4.69) is 11.2 Å². The third-order valence-electron chi connectivity index (χ3n) is 1.97. The van der Waals surface area contributed by atoms with Gasteiger partial charge in [0.1, 0.15) is 6.61 Å². The van der Waals surface area contributed by atoms with E-state index in [1.807, 2.05) is 51.1 Å². The Bertz CT molecular complexity index is 367. The highest BCUT2D eigenvalue weighted by molar-refractivity contribution is 5.98. The van der Waals surface area contributed by atoms with Crippen LogP contribution in [-0.2, 0) is 4.84 Å². The Labute approximate surface area is 91.3 Å². The van der Waals surface area contributed by atoms with Crippen LogP contribution in [0.4, 0.5) is 0 Å². The summed E-state index contributed by atoms with van der Waals surface area (Å²) in [5.41, 5.74) is 3.07. The zero-order valence-corrected chi connectivity index (χ0v) is 9.45. The van der Waals surface area contributed by atoms with Gasteiger partial charge >= 0.3 is 0 Å². The van der Waals surface area contributed by atoms with Crippen LogP contribution in [-0.4, -0.2) is 12.3 Å². The molecule has 79 valence electrons. The van der Waals surface area contributed by atoms with E-state index >= 15 is 0 Å². The fourth-order valence-corrected chi connectivity index (χ4v) is 1.14. The first-order chi connectivity index (χ1) is 7.24. The van der Waals surface area contributed by atoms with Gasteiger partial charge in [-0.05, 0) is 50.1 Å². The van der Waals surface area contributed by atoms with E-state index in [-0.39, 0.29) is 0 Å². The molecule has 1 aromatic rings. The maximum absolute atomic E-state index is 5.12. The minimum absolute atomic E-state index is 0.520. The average molecular weight is 202 g/mol. The van der Waals surface area contributed by atoms with Crippen LogP contribution in [0.5, 0.6) is 0 Å². The highest BCUT2D eigenvalue weighted by atomic mass is 16.6. The molecule has 0 saturated heterocycles. The lowest BCUT2D eigenvalue weighted by atomic mass is 10.1. The Kier molecular flexibility index (Phi) is 4.61. The second kappa shape index (κ2) is 6.02. The molecule has 0 bridgehead atoms. The Morgan fingerprint density at radius 1 is 1.60 bits per heavy atom. The van der Waals surface area contributed by atoms with Gasteiger partial charge in [0.15, 0.2) is 0 Å². The summed E-state index contributed by atoms with van der Waals surface area (Å²) in [6.07, 6.45) is 3.85. The van der Waals surface area contributed by atoms with Crippen molar-refractivity contribution < 1.29 is 4.84 Å². The molecule has 15 heavy (non-hydrogen) atoms.